The van der Waals surface area contributed by atoms with Gasteiger partial charge in [-0.25, -0.2) is 13.4 Å². The SMILES string of the molecule is Cc1cc(NNc2ccc(S(=O)(=O)Nc3ccccn3)cc2)cc(C)c1O. The average Bonchev–Trinajstić information content (AvgIpc) is 2.65. The van der Waals surface area contributed by atoms with Gasteiger partial charge in [-0.05, 0) is 73.5 Å². The van der Waals surface area contributed by atoms with Crippen molar-refractivity contribution in [2.75, 3.05) is 15.6 Å². The molecule has 0 aliphatic rings. The average molecular weight is 384 g/mol. The molecular formula is C19H20N4O3S. The number of rotatable bonds is 6. The first-order chi connectivity index (χ1) is 12.8. The van der Waals surface area contributed by atoms with Gasteiger partial charge in [0.1, 0.15) is 11.6 Å². The Hall–Kier alpha value is -3.26. The van der Waals surface area contributed by atoms with Gasteiger partial charge in [-0.1, -0.05) is 6.07 Å². The lowest BCUT2D eigenvalue weighted by molar-refractivity contribution is 0.467. The first kappa shape index (κ1) is 18.5. The van der Waals surface area contributed by atoms with Gasteiger partial charge in [-0.15, -0.1) is 0 Å². The number of pyridine rings is 1. The molecule has 27 heavy (non-hydrogen) atoms. The Kier molecular flexibility index (Phi) is 5.18. The molecule has 0 amide bonds. The lowest BCUT2D eigenvalue weighted by Crippen LogP contribution is -2.14. The van der Waals surface area contributed by atoms with Crippen molar-refractivity contribution in [3.63, 3.8) is 0 Å². The monoisotopic (exact) mass is 384 g/mol. The molecule has 0 bridgehead atoms. The number of hydrogen-bond acceptors (Lipinski definition) is 6. The molecule has 0 aliphatic carbocycles. The van der Waals surface area contributed by atoms with Crippen molar-refractivity contribution in [2.24, 2.45) is 0 Å². The van der Waals surface area contributed by atoms with Crippen LogP contribution in [0, 0.1) is 13.8 Å². The molecule has 1 heterocycles. The summed E-state index contributed by atoms with van der Waals surface area (Å²) in [5, 5.41) is 9.81. The lowest BCUT2D eigenvalue weighted by atomic mass is 10.1. The Morgan fingerprint density at radius 2 is 1.52 bits per heavy atom. The van der Waals surface area contributed by atoms with Crippen LogP contribution in [0.2, 0.25) is 0 Å². The summed E-state index contributed by atoms with van der Waals surface area (Å²) in [5.74, 6) is 0.537. The highest BCUT2D eigenvalue weighted by Crippen LogP contribution is 2.25. The van der Waals surface area contributed by atoms with Gasteiger partial charge < -0.3 is 16.0 Å². The van der Waals surface area contributed by atoms with Crippen LogP contribution in [0.1, 0.15) is 11.1 Å². The molecule has 2 aromatic carbocycles. The summed E-state index contributed by atoms with van der Waals surface area (Å²) in [6, 6.07) is 14.9. The van der Waals surface area contributed by atoms with E-state index in [2.05, 4.69) is 20.6 Å². The fourth-order valence-electron chi connectivity index (χ4n) is 2.51. The van der Waals surface area contributed by atoms with E-state index < -0.39 is 10.0 Å². The van der Waals surface area contributed by atoms with Gasteiger partial charge in [0, 0.05) is 6.20 Å². The van der Waals surface area contributed by atoms with Crippen molar-refractivity contribution in [2.45, 2.75) is 18.7 Å². The van der Waals surface area contributed by atoms with Crippen molar-refractivity contribution >= 4 is 27.2 Å². The lowest BCUT2D eigenvalue weighted by Gasteiger charge is -2.13. The predicted molar refractivity (Wildman–Crippen MR) is 106 cm³/mol. The third kappa shape index (κ3) is 4.48. The Morgan fingerprint density at radius 3 is 2.11 bits per heavy atom. The quantitative estimate of drug-likeness (QED) is 0.382. The minimum Gasteiger partial charge on any atom is -0.507 e. The molecule has 3 rings (SSSR count). The van der Waals surface area contributed by atoms with E-state index >= 15 is 0 Å². The van der Waals surface area contributed by atoms with Crippen LogP contribution in [0.25, 0.3) is 0 Å². The van der Waals surface area contributed by atoms with Gasteiger partial charge in [-0.2, -0.15) is 0 Å². The van der Waals surface area contributed by atoms with Crippen molar-refractivity contribution in [3.8, 4) is 5.75 Å². The second kappa shape index (κ2) is 7.55. The number of aryl methyl sites for hydroxylation is 2. The number of aromatic nitrogens is 1. The number of anilines is 3. The van der Waals surface area contributed by atoms with Crippen LogP contribution >= 0.6 is 0 Å². The maximum Gasteiger partial charge on any atom is 0.263 e. The molecule has 0 aliphatic heterocycles. The Balaban J connectivity index is 1.68. The first-order valence-electron chi connectivity index (χ1n) is 8.21. The highest BCUT2D eigenvalue weighted by Gasteiger charge is 2.14. The smallest absolute Gasteiger partial charge is 0.263 e. The molecule has 8 heteroatoms. The van der Waals surface area contributed by atoms with Crippen molar-refractivity contribution in [1.29, 1.82) is 0 Å². The van der Waals surface area contributed by atoms with E-state index in [9.17, 15) is 13.5 Å². The molecule has 7 nitrogen and oxygen atoms in total. The number of nitrogens with zero attached hydrogens (tertiary/aromatic N) is 1. The third-order valence-corrected chi connectivity index (χ3v) is 5.28. The number of nitrogens with one attached hydrogen (secondary N) is 3. The molecule has 0 atom stereocenters. The molecular weight excluding hydrogens is 364 g/mol. The molecule has 4 N–H and O–H groups in total. The first-order valence-corrected chi connectivity index (χ1v) is 9.69. The van der Waals surface area contributed by atoms with Crippen LogP contribution in [-0.4, -0.2) is 18.5 Å². The zero-order valence-electron chi connectivity index (χ0n) is 14.9. The molecule has 3 aromatic rings. The topological polar surface area (TPSA) is 103 Å². The van der Waals surface area contributed by atoms with Crippen molar-refractivity contribution < 1.29 is 13.5 Å². The Bertz CT molecular complexity index is 1010. The maximum atomic E-state index is 12.4. The Morgan fingerprint density at radius 1 is 0.889 bits per heavy atom. The summed E-state index contributed by atoms with van der Waals surface area (Å²) in [4.78, 5) is 4.09. The zero-order chi connectivity index (χ0) is 19.4. The number of phenols is 1. The summed E-state index contributed by atoms with van der Waals surface area (Å²) in [7, 11) is -3.70. The largest absolute Gasteiger partial charge is 0.507 e. The van der Waals surface area contributed by atoms with E-state index in [0.29, 0.717) is 5.69 Å². The number of phenolic OH excluding ortho intramolecular Hbond substituents is 1. The highest BCUT2D eigenvalue weighted by atomic mass is 32.2. The molecule has 0 radical (unpaired) electrons. The molecule has 1 aromatic heterocycles. The van der Waals surface area contributed by atoms with Gasteiger partial charge in [0.15, 0.2) is 0 Å². The summed E-state index contributed by atoms with van der Waals surface area (Å²) in [5.41, 5.74) is 9.04. The molecule has 0 saturated heterocycles. The number of hydrazine groups is 1. The minimum absolute atomic E-state index is 0.134. The number of hydrogen-bond donors (Lipinski definition) is 4. The van der Waals surface area contributed by atoms with E-state index in [4.69, 9.17) is 0 Å². The van der Waals surface area contributed by atoms with E-state index in [0.717, 1.165) is 16.8 Å². The molecule has 0 saturated carbocycles. The maximum absolute atomic E-state index is 12.4. The minimum atomic E-state index is -3.70. The molecule has 140 valence electrons. The predicted octanol–water partition coefficient (Wildman–Crippen LogP) is 3.64. The van der Waals surface area contributed by atoms with Crippen LogP contribution in [0.5, 0.6) is 5.75 Å². The molecule has 0 fully saturated rings. The number of benzene rings is 2. The summed E-state index contributed by atoms with van der Waals surface area (Å²) in [6.07, 6.45) is 1.52. The fourth-order valence-corrected chi connectivity index (χ4v) is 3.52. The zero-order valence-corrected chi connectivity index (χ0v) is 15.7. The van der Waals surface area contributed by atoms with Crippen LogP contribution in [0.15, 0.2) is 65.7 Å². The normalized spacial score (nSPS) is 11.0. The van der Waals surface area contributed by atoms with Gasteiger partial charge in [0.25, 0.3) is 10.0 Å². The molecule has 0 spiro atoms. The van der Waals surface area contributed by atoms with E-state index in [1.54, 1.807) is 30.3 Å². The van der Waals surface area contributed by atoms with Crippen LogP contribution < -0.4 is 15.6 Å². The summed E-state index contributed by atoms with van der Waals surface area (Å²) < 4.78 is 27.2. The highest BCUT2D eigenvalue weighted by molar-refractivity contribution is 7.92. The van der Waals surface area contributed by atoms with Gasteiger partial charge in [0.2, 0.25) is 0 Å². The Labute approximate surface area is 158 Å². The van der Waals surface area contributed by atoms with Crippen molar-refractivity contribution in [1.82, 2.24) is 4.98 Å². The van der Waals surface area contributed by atoms with Gasteiger partial charge in [-0.3, -0.25) is 4.72 Å². The van der Waals surface area contributed by atoms with Gasteiger partial charge in [0.05, 0.1) is 16.3 Å². The number of aromatic hydroxyl groups is 1. The van der Waals surface area contributed by atoms with E-state index in [-0.39, 0.29) is 16.5 Å². The summed E-state index contributed by atoms with van der Waals surface area (Å²) >= 11 is 0. The molecule has 0 unspecified atom stereocenters. The third-order valence-electron chi connectivity index (χ3n) is 3.91. The van der Waals surface area contributed by atoms with Crippen LogP contribution in [0.4, 0.5) is 17.2 Å². The fraction of sp³-hybridized carbons (Fsp3) is 0.105. The van der Waals surface area contributed by atoms with Crippen LogP contribution in [0.3, 0.4) is 0 Å². The van der Waals surface area contributed by atoms with E-state index in [1.807, 2.05) is 26.0 Å². The summed E-state index contributed by atoms with van der Waals surface area (Å²) in [6.45, 7) is 3.64. The number of sulfonamides is 1. The van der Waals surface area contributed by atoms with E-state index in [1.165, 1.54) is 18.3 Å². The van der Waals surface area contributed by atoms with Crippen LogP contribution in [-0.2, 0) is 10.0 Å². The van der Waals surface area contributed by atoms with Crippen molar-refractivity contribution in [3.05, 3.63) is 71.9 Å². The standard InChI is InChI=1S/C19H20N4O3S/c1-13-11-16(12-14(2)19(13)24)22-21-15-6-8-17(9-7-15)27(25,26)23-18-5-3-4-10-20-18/h3-12,21-22,24H,1-2H3,(H,20,23). The van der Waals surface area contributed by atoms with Gasteiger partial charge >= 0.3 is 0 Å². The second-order valence-corrected chi connectivity index (χ2v) is 7.74. The second-order valence-electron chi connectivity index (χ2n) is 6.05.